The lowest BCUT2D eigenvalue weighted by molar-refractivity contribution is 0.408. The van der Waals surface area contributed by atoms with Gasteiger partial charge in [0.25, 0.3) is 5.89 Å². The fraction of sp³-hybridized carbons (Fsp3) is 0.160. The molecule has 0 saturated carbocycles. The highest BCUT2D eigenvalue weighted by Gasteiger charge is 2.18. The number of hydrogen-bond acceptors (Lipinski definition) is 6. The first-order valence-corrected chi connectivity index (χ1v) is 9.99. The van der Waals surface area contributed by atoms with Crippen LogP contribution in [0.1, 0.15) is 28.1 Å². The third-order valence-electron chi connectivity index (χ3n) is 5.16. The van der Waals surface area contributed by atoms with E-state index in [1.807, 2.05) is 43.4 Å². The Morgan fingerprint density at radius 1 is 1.03 bits per heavy atom. The zero-order chi connectivity index (χ0) is 21.8. The molecule has 0 aliphatic heterocycles. The number of anilines is 1. The summed E-state index contributed by atoms with van der Waals surface area (Å²) in [5.74, 6) is 2.34. The number of benzene rings is 2. The quantitative estimate of drug-likeness (QED) is 0.428. The van der Waals surface area contributed by atoms with Gasteiger partial charge in [0.1, 0.15) is 11.6 Å². The lowest BCUT2D eigenvalue weighted by Crippen LogP contribution is -1.96. The van der Waals surface area contributed by atoms with Crippen molar-refractivity contribution in [3.8, 4) is 17.1 Å². The number of aromatic nitrogens is 3. The molecule has 0 spiro atoms. The molecular weight excluding hydrogens is 388 g/mol. The topological polar surface area (TPSA) is 73.1 Å². The van der Waals surface area contributed by atoms with Gasteiger partial charge in [0, 0.05) is 18.8 Å². The van der Waals surface area contributed by atoms with Gasteiger partial charge in [-0.25, -0.2) is 4.98 Å². The molecule has 6 nitrogen and oxygen atoms in total. The molecule has 0 unspecified atom stereocenters. The first kappa shape index (κ1) is 20.3. The van der Waals surface area contributed by atoms with Gasteiger partial charge in [0.2, 0.25) is 5.82 Å². The Morgan fingerprint density at radius 2 is 1.90 bits per heavy atom. The third-order valence-corrected chi connectivity index (χ3v) is 5.16. The third kappa shape index (κ3) is 4.33. The van der Waals surface area contributed by atoms with Crippen LogP contribution in [0.5, 0.6) is 5.75 Å². The monoisotopic (exact) mass is 412 g/mol. The van der Waals surface area contributed by atoms with Gasteiger partial charge in [-0.1, -0.05) is 35.5 Å². The van der Waals surface area contributed by atoms with E-state index in [9.17, 15) is 0 Å². The van der Waals surface area contributed by atoms with Crippen molar-refractivity contribution in [2.24, 2.45) is 0 Å². The minimum absolute atomic E-state index is 0.424. The predicted octanol–water partition coefficient (Wildman–Crippen LogP) is 5.39. The predicted molar refractivity (Wildman–Crippen MR) is 123 cm³/mol. The van der Waals surface area contributed by atoms with E-state index >= 15 is 0 Å². The van der Waals surface area contributed by atoms with Gasteiger partial charge >= 0.3 is 0 Å². The molecule has 4 rings (SSSR count). The van der Waals surface area contributed by atoms with E-state index in [1.54, 1.807) is 13.3 Å². The Labute approximate surface area is 181 Å². The maximum Gasteiger partial charge on any atom is 0.258 e. The Bertz CT molecular complexity index is 1240. The summed E-state index contributed by atoms with van der Waals surface area (Å²) in [4.78, 5) is 9.02. The SMILES string of the molecule is CNc1ncccc1-c1noc(C(=Cc2ccc(C)c(C)c2)c2cccc(OC)c2)n1. The molecule has 0 saturated heterocycles. The molecule has 0 fully saturated rings. The van der Waals surface area contributed by atoms with Crippen LogP contribution in [0, 0.1) is 13.8 Å². The molecule has 1 N–H and O–H groups in total. The zero-order valence-corrected chi connectivity index (χ0v) is 18.0. The highest BCUT2D eigenvalue weighted by atomic mass is 16.5. The Hall–Kier alpha value is -3.93. The van der Waals surface area contributed by atoms with E-state index in [-0.39, 0.29) is 0 Å². The number of hydrogen-bond donors (Lipinski definition) is 1. The van der Waals surface area contributed by atoms with Gasteiger partial charge in [-0.2, -0.15) is 4.98 Å². The molecule has 2 heterocycles. The minimum atomic E-state index is 0.424. The van der Waals surface area contributed by atoms with Crippen molar-refractivity contribution in [1.82, 2.24) is 15.1 Å². The maximum atomic E-state index is 5.71. The standard InChI is InChI=1S/C25H24N4O2/c1-16-10-11-18(13-17(16)2)14-22(19-7-5-8-20(15-19)30-4)25-28-24(29-31-25)21-9-6-12-27-23(21)26-3/h5-15H,1-4H3,(H,26,27). The van der Waals surface area contributed by atoms with Crippen LogP contribution in [0.15, 0.2) is 65.3 Å². The van der Waals surface area contributed by atoms with Crippen molar-refractivity contribution in [3.05, 3.63) is 88.9 Å². The molecule has 0 aliphatic carbocycles. The Balaban J connectivity index is 1.84. The van der Waals surface area contributed by atoms with Gasteiger partial charge in [0.15, 0.2) is 0 Å². The van der Waals surface area contributed by atoms with Crippen LogP contribution in [0.4, 0.5) is 5.82 Å². The number of rotatable bonds is 6. The number of pyridine rings is 1. The lowest BCUT2D eigenvalue weighted by atomic mass is 10.00. The molecule has 0 aliphatic rings. The highest BCUT2D eigenvalue weighted by molar-refractivity contribution is 5.89. The van der Waals surface area contributed by atoms with Crippen LogP contribution in [0.3, 0.4) is 0 Å². The second-order valence-corrected chi connectivity index (χ2v) is 7.21. The molecule has 156 valence electrons. The van der Waals surface area contributed by atoms with Crippen LogP contribution in [-0.2, 0) is 0 Å². The normalized spacial score (nSPS) is 11.4. The van der Waals surface area contributed by atoms with Gasteiger partial charge in [-0.3, -0.25) is 0 Å². The Morgan fingerprint density at radius 3 is 2.68 bits per heavy atom. The molecule has 0 bridgehead atoms. The van der Waals surface area contributed by atoms with Crippen molar-refractivity contribution in [1.29, 1.82) is 0 Å². The number of ether oxygens (including phenoxy) is 1. The minimum Gasteiger partial charge on any atom is -0.497 e. The number of nitrogens with zero attached hydrogens (tertiary/aromatic N) is 3. The summed E-state index contributed by atoms with van der Waals surface area (Å²) in [6.45, 7) is 4.20. The molecule has 6 heteroatoms. The molecule has 0 atom stereocenters. The van der Waals surface area contributed by atoms with E-state index in [1.165, 1.54) is 11.1 Å². The summed E-state index contributed by atoms with van der Waals surface area (Å²) in [5, 5.41) is 7.29. The van der Waals surface area contributed by atoms with Gasteiger partial charge in [-0.15, -0.1) is 0 Å². The fourth-order valence-electron chi connectivity index (χ4n) is 3.31. The average molecular weight is 412 g/mol. The average Bonchev–Trinajstić information content (AvgIpc) is 3.29. The van der Waals surface area contributed by atoms with E-state index < -0.39 is 0 Å². The van der Waals surface area contributed by atoms with Crippen molar-refractivity contribution < 1.29 is 9.26 Å². The van der Waals surface area contributed by atoms with Crippen LogP contribution < -0.4 is 10.1 Å². The van der Waals surface area contributed by atoms with Crippen molar-refractivity contribution >= 4 is 17.5 Å². The summed E-state index contributed by atoms with van der Waals surface area (Å²) >= 11 is 0. The molecule has 2 aromatic carbocycles. The van der Waals surface area contributed by atoms with Crippen LogP contribution in [0.2, 0.25) is 0 Å². The molecular formula is C25H24N4O2. The fourth-order valence-corrected chi connectivity index (χ4v) is 3.31. The summed E-state index contributed by atoms with van der Waals surface area (Å²) in [7, 11) is 3.46. The summed E-state index contributed by atoms with van der Waals surface area (Å²) < 4.78 is 11.1. The summed E-state index contributed by atoms with van der Waals surface area (Å²) in [6, 6.07) is 17.9. The number of methoxy groups -OCH3 is 1. The van der Waals surface area contributed by atoms with E-state index in [2.05, 4.69) is 53.6 Å². The van der Waals surface area contributed by atoms with Crippen LogP contribution >= 0.6 is 0 Å². The van der Waals surface area contributed by atoms with Gasteiger partial charge < -0.3 is 14.6 Å². The smallest absolute Gasteiger partial charge is 0.258 e. The second kappa shape index (κ2) is 8.83. The van der Waals surface area contributed by atoms with Gasteiger partial charge in [0.05, 0.1) is 12.7 Å². The lowest BCUT2D eigenvalue weighted by Gasteiger charge is -2.07. The van der Waals surface area contributed by atoms with Crippen molar-refractivity contribution in [2.45, 2.75) is 13.8 Å². The van der Waals surface area contributed by atoms with E-state index in [0.29, 0.717) is 17.5 Å². The molecule has 31 heavy (non-hydrogen) atoms. The number of nitrogens with one attached hydrogen (secondary N) is 1. The molecule has 0 amide bonds. The first-order chi connectivity index (χ1) is 15.1. The largest absolute Gasteiger partial charge is 0.497 e. The second-order valence-electron chi connectivity index (χ2n) is 7.21. The summed E-state index contributed by atoms with van der Waals surface area (Å²) in [5.41, 5.74) is 6.04. The van der Waals surface area contributed by atoms with Crippen molar-refractivity contribution in [2.75, 3.05) is 19.5 Å². The number of aryl methyl sites for hydroxylation is 2. The van der Waals surface area contributed by atoms with E-state index in [0.717, 1.165) is 28.0 Å². The molecule has 4 aromatic rings. The zero-order valence-electron chi connectivity index (χ0n) is 18.0. The molecule has 0 radical (unpaired) electrons. The first-order valence-electron chi connectivity index (χ1n) is 9.99. The van der Waals surface area contributed by atoms with Crippen molar-refractivity contribution in [3.63, 3.8) is 0 Å². The molecule has 2 aromatic heterocycles. The summed E-state index contributed by atoms with van der Waals surface area (Å²) in [6.07, 6.45) is 3.78. The van der Waals surface area contributed by atoms with Crippen LogP contribution in [0.25, 0.3) is 23.0 Å². The highest BCUT2D eigenvalue weighted by Crippen LogP contribution is 2.30. The van der Waals surface area contributed by atoms with E-state index in [4.69, 9.17) is 14.2 Å². The van der Waals surface area contributed by atoms with Crippen LogP contribution in [-0.4, -0.2) is 29.3 Å². The maximum absolute atomic E-state index is 5.71. The Kier molecular flexibility index (Phi) is 5.80. The van der Waals surface area contributed by atoms with Gasteiger partial charge in [-0.05, 0) is 66.4 Å².